The van der Waals surface area contributed by atoms with Crippen molar-refractivity contribution in [2.24, 2.45) is 0 Å². The molecule has 0 radical (unpaired) electrons. The number of anilines is 1. The topological polar surface area (TPSA) is 24.9 Å². The van der Waals surface area contributed by atoms with E-state index in [2.05, 4.69) is 17.2 Å². The van der Waals surface area contributed by atoms with E-state index in [0.717, 1.165) is 22.3 Å². The SMILES string of the molecule is CNc1c(C)c(C)nc2c(Cl)cccc12. The van der Waals surface area contributed by atoms with Crippen LogP contribution in [-0.4, -0.2) is 12.0 Å². The van der Waals surface area contributed by atoms with E-state index in [1.807, 2.05) is 32.2 Å². The van der Waals surface area contributed by atoms with Gasteiger partial charge in [-0.05, 0) is 25.5 Å². The fraction of sp³-hybridized carbons (Fsp3) is 0.250. The summed E-state index contributed by atoms with van der Waals surface area (Å²) in [5.41, 5.74) is 4.17. The van der Waals surface area contributed by atoms with Gasteiger partial charge in [-0.15, -0.1) is 0 Å². The van der Waals surface area contributed by atoms with E-state index in [1.54, 1.807) is 0 Å². The maximum absolute atomic E-state index is 6.12. The summed E-state index contributed by atoms with van der Waals surface area (Å²) in [5, 5.41) is 4.99. The van der Waals surface area contributed by atoms with Crippen LogP contribution in [0.2, 0.25) is 5.02 Å². The zero-order valence-electron chi connectivity index (χ0n) is 9.06. The number of aryl methyl sites for hydroxylation is 1. The van der Waals surface area contributed by atoms with Gasteiger partial charge < -0.3 is 5.32 Å². The molecule has 0 spiro atoms. The number of halogens is 1. The van der Waals surface area contributed by atoms with Gasteiger partial charge in [0.1, 0.15) is 0 Å². The lowest BCUT2D eigenvalue weighted by molar-refractivity contribution is 1.19. The molecule has 78 valence electrons. The van der Waals surface area contributed by atoms with Gasteiger partial charge in [-0.1, -0.05) is 23.7 Å². The predicted octanol–water partition coefficient (Wildman–Crippen LogP) is 3.55. The Morgan fingerprint density at radius 1 is 1.27 bits per heavy atom. The average Bonchev–Trinajstić information content (AvgIpc) is 2.22. The lowest BCUT2D eigenvalue weighted by Gasteiger charge is -2.12. The lowest BCUT2D eigenvalue weighted by Crippen LogP contribution is -1.98. The number of para-hydroxylation sites is 1. The van der Waals surface area contributed by atoms with Gasteiger partial charge in [-0.2, -0.15) is 0 Å². The summed E-state index contributed by atoms with van der Waals surface area (Å²) in [6.07, 6.45) is 0. The number of nitrogens with one attached hydrogen (secondary N) is 1. The second-order valence-corrected chi connectivity index (χ2v) is 3.99. The summed E-state index contributed by atoms with van der Waals surface area (Å²) >= 11 is 6.12. The third-order valence-corrected chi connectivity index (χ3v) is 3.01. The van der Waals surface area contributed by atoms with Crippen LogP contribution < -0.4 is 5.32 Å². The average molecular weight is 221 g/mol. The molecule has 1 N–H and O–H groups in total. The van der Waals surface area contributed by atoms with Crippen molar-refractivity contribution in [1.82, 2.24) is 4.98 Å². The first kappa shape index (κ1) is 10.2. The summed E-state index contributed by atoms with van der Waals surface area (Å²) in [5.74, 6) is 0. The molecule has 0 amide bonds. The number of aromatic nitrogens is 1. The lowest BCUT2D eigenvalue weighted by atomic mass is 10.1. The Morgan fingerprint density at radius 2 is 2.00 bits per heavy atom. The van der Waals surface area contributed by atoms with E-state index in [0.29, 0.717) is 5.02 Å². The summed E-state index contributed by atoms with van der Waals surface area (Å²) in [4.78, 5) is 4.51. The van der Waals surface area contributed by atoms with E-state index in [9.17, 15) is 0 Å². The third-order valence-electron chi connectivity index (χ3n) is 2.70. The molecular weight excluding hydrogens is 208 g/mol. The zero-order chi connectivity index (χ0) is 11.0. The standard InChI is InChI=1S/C12H13ClN2/c1-7-8(2)15-12-9(11(7)14-3)5-4-6-10(12)13/h4-6H,1-3H3,(H,14,15). The maximum Gasteiger partial charge on any atom is 0.0912 e. The minimum Gasteiger partial charge on any atom is -0.387 e. The van der Waals surface area contributed by atoms with E-state index < -0.39 is 0 Å². The number of fused-ring (bicyclic) bond motifs is 1. The van der Waals surface area contributed by atoms with Crippen molar-refractivity contribution in [2.45, 2.75) is 13.8 Å². The summed E-state index contributed by atoms with van der Waals surface area (Å²) in [6.45, 7) is 4.06. The van der Waals surface area contributed by atoms with Gasteiger partial charge in [-0.3, -0.25) is 4.98 Å². The number of rotatable bonds is 1. The van der Waals surface area contributed by atoms with E-state index in [-0.39, 0.29) is 0 Å². The highest BCUT2D eigenvalue weighted by Crippen LogP contribution is 2.31. The van der Waals surface area contributed by atoms with Gasteiger partial charge in [0.25, 0.3) is 0 Å². The van der Waals surface area contributed by atoms with Crippen LogP contribution in [0.15, 0.2) is 18.2 Å². The van der Waals surface area contributed by atoms with E-state index >= 15 is 0 Å². The Kier molecular flexibility index (Phi) is 2.53. The molecule has 2 rings (SSSR count). The molecule has 2 aromatic rings. The van der Waals surface area contributed by atoms with Crippen molar-refractivity contribution >= 4 is 28.2 Å². The second-order valence-electron chi connectivity index (χ2n) is 3.58. The minimum atomic E-state index is 0.701. The van der Waals surface area contributed by atoms with E-state index in [4.69, 9.17) is 11.6 Å². The van der Waals surface area contributed by atoms with Crippen LogP contribution in [-0.2, 0) is 0 Å². The minimum absolute atomic E-state index is 0.701. The highest BCUT2D eigenvalue weighted by Gasteiger charge is 2.09. The number of pyridine rings is 1. The number of nitrogens with zero attached hydrogens (tertiary/aromatic N) is 1. The van der Waals surface area contributed by atoms with Crippen molar-refractivity contribution < 1.29 is 0 Å². The molecular formula is C12H13ClN2. The van der Waals surface area contributed by atoms with Crippen LogP contribution in [0, 0.1) is 13.8 Å². The van der Waals surface area contributed by atoms with Crippen molar-refractivity contribution in [3.8, 4) is 0 Å². The van der Waals surface area contributed by atoms with Crippen LogP contribution in [0.5, 0.6) is 0 Å². The smallest absolute Gasteiger partial charge is 0.0912 e. The van der Waals surface area contributed by atoms with Crippen molar-refractivity contribution in [3.05, 3.63) is 34.5 Å². The Balaban J connectivity index is 2.94. The van der Waals surface area contributed by atoms with Gasteiger partial charge in [0.2, 0.25) is 0 Å². The molecule has 0 aliphatic carbocycles. The highest BCUT2D eigenvalue weighted by molar-refractivity contribution is 6.35. The van der Waals surface area contributed by atoms with Crippen molar-refractivity contribution in [1.29, 1.82) is 0 Å². The van der Waals surface area contributed by atoms with Gasteiger partial charge in [-0.25, -0.2) is 0 Å². The van der Waals surface area contributed by atoms with Crippen LogP contribution in [0.25, 0.3) is 10.9 Å². The Hall–Kier alpha value is -1.28. The predicted molar refractivity (Wildman–Crippen MR) is 65.8 cm³/mol. The highest BCUT2D eigenvalue weighted by atomic mass is 35.5. The maximum atomic E-state index is 6.12. The Bertz CT molecular complexity index is 521. The molecule has 0 bridgehead atoms. The van der Waals surface area contributed by atoms with Crippen LogP contribution in [0.3, 0.4) is 0 Å². The summed E-state index contributed by atoms with van der Waals surface area (Å²) in [7, 11) is 1.92. The molecule has 0 saturated heterocycles. The van der Waals surface area contributed by atoms with Crippen LogP contribution in [0.4, 0.5) is 5.69 Å². The third kappa shape index (κ3) is 1.55. The molecule has 0 unspecified atom stereocenters. The fourth-order valence-corrected chi connectivity index (χ4v) is 2.00. The molecule has 0 aliphatic rings. The number of benzene rings is 1. The Labute approximate surface area is 94.3 Å². The van der Waals surface area contributed by atoms with Gasteiger partial charge in [0, 0.05) is 23.8 Å². The van der Waals surface area contributed by atoms with E-state index in [1.165, 1.54) is 5.56 Å². The van der Waals surface area contributed by atoms with Crippen molar-refractivity contribution in [2.75, 3.05) is 12.4 Å². The number of hydrogen-bond donors (Lipinski definition) is 1. The normalized spacial score (nSPS) is 10.7. The zero-order valence-corrected chi connectivity index (χ0v) is 9.81. The molecule has 15 heavy (non-hydrogen) atoms. The molecule has 1 aromatic carbocycles. The molecule has 1 aromatic heterocycles. The molecule has 1 heterocycles. The summed E-state index contributed by atoms with van der Waals surface area (Å²) < 4.78 is 0. The van der Waals surface area contributed by atoms with Gasteiger partial charge in [0.15, 0.2) is 0 Å². The monoisotopic (exact) mass is 220 g/mol. The molecule has 3 heteroatoms. The molecule has 0 fully saturated rings. The van der Waals surface area contributed by atoms with Crippen molar-refractivity contribution in [3.63, 3.8) is 0 Å². The van der Waals surface area contributed by atoms with Crippen LogP contribution >= 0.6 is 11.6 Å². The molecule has 0 atom stereocenters. The first-order valence-corrected chi connectivity index (χ1v) is 5.26. The van der Waals surface area contributed by atoms with Gasteiger partial charge >= 0.3 is 0 Å². The Morgan fingerprint density at radius 3 is 2.67 bits per heavy atom. The second kappa shape index (κ2) is 3.70. The quantitative estimate of drug-likeness (QED) is 0.795. The molecule has 0 aliphatic heterocycles. The largest absolute Gasteiger partial charge is 0.387 e. The fourth-order valence-electron chi connectivity index (χ4n) is 1.79. The van der Waals surface area contributed by atoms with Gasteiger partial charge in [0.05, 0.1) is 10.5 Å². The number of hydrogen-bond acceptors (Lipinski definition) is 2. The first-order chi connectivity index (χ1) is 7.15. The van der Waals surface area contributed by atoms with Crippen LogP contribution in [0.1, 0.15) is 11.3 Å². The molecule has 0 saturated carbocycles. The summed E-state index contributed by atoms with van der Waals surface area (Å²) in [6, 6.07) is 5.85. The first-order valence-electron chi connectivity index (χ1n) is 4.88. The molecule has 2 nitrogen and oxygen atoms in total.